The Kier molecular flexibility index (Phi) is 7.27. The molecule has 0 unspecified atom stereocenters. The number of rotatable bonds is 7. The molecule has 0 saturated heterocycles. The molecule has 0 rings (SSSR count). The largest absolute Gasteiger partial charge is 0.401 e. The van der Waals surface area contributed by atoms with Crippen LogP contribution < -0.4 is 16.0 Å². The summed E-state index contributed by atoms with van der Waals surface area (Å²) in [6.07, 6.45) is -3.58. The number of alkyl halides is 3. The number of halogens is 3. The summed E-state index contributed by atoms with van der Waals surface area (Å²) < 4.78 is 35.1. The molecule has 0 aliphatic heterocycles. The minimum absolute atomic E-state index is 0.230. The van der Waals surface area contributed by atoms with Gasteiger partial charge in [0, 0.05) is 6.54 Å². The molecule has 0 saturated carbocycles. The topological polar surface area (TPSA) is 70.2 Å². The predicted molar refractivity (Wildman–Crippen MR) is 55.2 cm³/mol. The maximum absolute atomic E-state index is 11.7. The van der Waals surface area contributed by atoms with Crippen LogP contribution in [0.2, 0.25) is 0 Å². The van der Waals surface area contributed by atoms with Gasteiger partial charge in [-0.3, -0.25) is 9.59 Å². The molecule has 0 aliphatic rings. The molecule has 5 nitrogen and oxygen atoms in total. The molecule has 0 atom stereocenters. The first kappa shape index (κ1) is 15.7. The fourth-order valence-corrected chi connectivity index (χ4v) is 0.886. The van der Waals surface area contributed by atoms with Crippen LogP contribution in [0.3, 0.4) is 0 Å². The van der Waals surface area contributed by atoms with Crippen molar-refractivity contribution in [3.05, 3.63) is 0 Å². The summed E-state index contributed by atoms with van der Waals surface area (Å²) in [5, 5.41) is 6.63. The Bertz CT molecular complexity index is 256. The molecule has 0 aromatic heterocycles. The van der Waals surface area contributed by atoms with Gasteiger partial charge < -0.3 is 16.0 Å². The van der Waals surface area contributed by atoms with Crippen molar-refractivity contribution in [2.24, 2.45) is 0 Å². The summed E-state index contributed by atoms with van der Waals surface area (Å²) in [5.41, 5.74) is 0. The van der Waals surface area contributed by atoms with Gasteiger partial charge in [0.25, 0.3) is 0 Å². The highest BCUT2D eigenvalue weighted by Crippen LogP contribution is 2.11. The fraction of sp³-hybridized carbons (Fsp3) is 0.778. The second-order valence-electron chi connectivity index (χ2n) is 3.35. The van der Waals surface area contributed by atoms with Crippen LogP contribution in [-0.4, -0.2) is 44.2 Å². The SMILES string of the molecule is CCCNC(=O)CNC(=O)CNCC(F)(F)F. The second kappa shape index (κ2) is 7.88. The van der Waals surface area contributed by atoms with Crippen molar-refractivity contribution in [1.82, 2.24) is 16.0 Å². The van der Waals surface area contributed by atoms with Crippen LogP contribution in [0.4, 0.5) is 13.2 Å². The van der Waals surface area contributed by atoms with Crippen molar-refractivity contribution in [2.45, 2.75) is 19.5 Å². The van der Waals surface area contributed by atoms with E-state index < -0.39 is 25.2 Å². The molecule has 2 amide bonds. The zero-order chi connectivity index (χ0) is 13.3. The van der Waals surface area contributed by atoms with E-state index in [0.29, 0.717) is 6.54 Å². The third-order valence-corrected chi connectivity index (χ3v) is 1.63. The quantitative estimate of drug-likeness (QED) is 0.589. The average Bonchev–Trinajstić information content (AvgIpc) is 2.21. The zero-order valence-corrected chi connectivity index (χ0v) is 9.49. The summed E-state index contributed by atoms with van der Waals surface area (Å²) in [4.78, 5) is 22.0. The van der Waals surface area contributed by atoms with Crippen LogP contribution in [-0.2, 0) is 9.59 Å². The van der Waals surface area contributed by atoms with E-state index in [4.69, 9.17) is 0 Å². The third-order valence-electron chi connectivity index (χ3n) is 1.63. The highest BCUT2D eigenvalue weighted by atomic mass is 19.4. The maximum atomic E-state index is 11.7. The smallest absolute Gasteiger partial charge is 0.355 e. The summed E-state index contributed by atoms with van der Waals surface area (Å²) >= 11 is 0. The lowest BCUT2D eigenvalue weighted by atomic mass is 10.4. The molecule has 0 aromatic carbocycles. The van der Waals surface area contributed by atoms with E-state index in [0.717, 1.165) is 6.42 Å². The molecule has 100 valence electrons. The van der Waals surface area contributed by atoms with Crippen LogP contribution in [0.25, 0.3) is 0 Å². The Hall–Kier alpha value is -1.31. The molecular weight excluding hydrogens is 239 g/mol. The fourth-order valence-electron chi connectivity index (χ4n) is 0.886. The van der Waals surface area contributed by atoms with Gasteiger partial charge in [0.1, 0.15) is 0 Å². The zero-order valence-electron chi connectivity index (χ0n) is 9.49. The molecule has 17 heavy (non-hydrogen) atoms. The van der Waals surface area contributed by atoms with Gasteiger partial charge in [-0.05, 0) is 6.42 Å². The molecule has 0 heterocycles. The van der Waals surface area contributed by atoms with Crippen molar-refractivity contribution >= 4 is 11.8 Å². The molecule has 0 bridgehead atoms. The van der Waals surface area contributed by atoms with Crippen molar-refractivity contribution < 1.29 is 22.8 Å². The minimum atomic E-state index is -4.35. The average molecular weight is 255 g/mol. The summed E-state index contributed by atoms with van der Waals surface area (Å²) in [6.45, 7) is 0.441. The summed E-state index contributed by atoms with van der Waals surface area (Å²) in [5.74, 6) is -1.02. The Balaban J connectivity index is 3.56. The van der Waals surface area contributed by atoms with E-state index in [9.17, 15) is 22.8 Å². The van der Waals surface area contributed by atoms with Gasteiger partial charge in [0.15, 0.2) is 0 Å². The first-order chi connectivity index (χ1) is 7.85. The van der Waals surface area contributed by atoms with Crippen LogP contribution in [0, 0.1) is 0 Å². The number of hydrogen-bond donors (Lipinski definition) is 3. The molecule has 8 heteroatoms. The van der Waals surface area contributed by atoms with Crippen LogP contribution >= 0.6 is 0 Å². The third kappa shape index (κ3) is 11.0. The van der Waals surface area contributed by atoms with E-state index >= 15 is 0 Å². The summed E-state index contributed by atoms with van der Waals surface area (Å²) in [6, 6.07) is 0. The molecule has 0 aliphatic carbocycles. The van der Waals surface area contributed by atoms with Crippen molar-refractivity contribution in [3.8, 4) is 0 Å². The van der Waals surface area contributed by atoms with E-state index in [1.807, 2.05) is 12.2 Å². The lowest BCUT2D eigenvalue weighted by Crippen LogP contribution is -2.42. The number of nitrogens with one attached hydrogen (secondary N) is 3. The van der Waals surface area contributed by atoms with Gasteiger partial charge in [-0.2, -0.15) is 13.2 Å². The lowest BCUT2D eigenvalue weighted by molar-refractivity contribution is -0.130. The van der Waals surface area contributed by atoms with Crippen LogP contribution in [0.1, 0.15) is 13.3 Å². The Morgan fingerprint density at radius 3 is 2.18 bits per heavy atom. The van der Waals surface area contributed by atoms with Crippen molar-refractivity contribution in [3.63, 3.8) is 0 Å². The van der Waals surface area contributed by atoms with E-state index in [2.05, 4.69) is 10.6 Å². The van der Waals surface area contributed by atoms with Gasteiger partial charge in [-0.1, -0.05) is 6.92 Å². The second-order valence-corrected chi connectivity index (χ2v) is 3.35. The van der Waals surface area contributed by atoms with E-state index in [1.54, 1.807) is 0 Å². The van der Waals surface area contributed by atoms with Gasteiger partial charge >= 0.3 is 6.18 Å². The van der Waals surface area contributed by atoms with Crippen molar-refractivity contribution in [1.29, 1.82) is 0 Å². The van der Waals surface area contributed by atoms with Crippen LogP contribution in [0.5, 0.6) is 0 Å². The highest BCUT2D eigenvalue weighted by Gasteiger charge is 2.26. The Labute approximate surface area is 97.1 Å². The molecule has 0 spiro atoms. The Morgan fingerprint density at radius 2 is 1.65 bits per heavy atom. The van der Waals surface area contributed by atoms with Gasteiger partial charge in [-0.15, -0.1) is 0 Å². The summed E-state index contributed by atoms with van der Waals surface area (Å²) in [7, 11) is 0. The normalized spacial score (nSPS) is 11.1. The Morgan fingerprint density at radius 1 is 1.06 bits per heavy atom. The number of hydrogen-bond acceptors (Lipinski definition) is 3. The molecule has 0 radical (unpaired) electrons. The van der Waals surface area contributed by atoms with Crippen molar-refractivity contribution in [2.75, 3.05) is 26.2 Å². The lowest BCUT2D eigenvalue weighted by Gasteiger charge is -2.08. The van der Waals surface area contributed by atoms with E-state index in [1.165, 1.54) is 0 Å². The first-order valence-corrected chi connectivity index (χ1v) is 5.16. The predicted octanol–water partition coefficient (Wildman–Crippen LogP) is -0.219. The van der Waals surface area contributed by atoms with Gasteiger partial charge in [0.2, 0.25) is 11.8 Å². The molecule has 0 fully saturated rings. The van der Waals surface area contributed by atoms with Gasteiger partial charge in [0.05, 0.1) is 19.6 Å². The highest BCUT2D eigenvalue weighted by molar-refractivity contribution is 5.85. The molecular formula is C9H16F3N3O2. The maximum Gasteiger partial charge on any atom is 0.401 e. The van der Waals surface area contributed by atoms with Crippen LogP contribution in [0.15, 0.2) is 0 Å². The number of carbonyl (C=O) groups excluding carboxylic acids is 2. The molecule has 3 N–H and O–H groups in total. The van der Waals surface area contributed by atoms with Gasteiger partial charge in [-0.25, -0.2) is 0 Å². The number of carbonyl (C=O) groups is 2. The number of amides is 2. The molecule has 0 aromatic rings. The standard InChI is InChI=1S/C9H16F3N3O2/c1-2-3-14-8(17)5-15-7(16)4-13-6-9(10,11)12/h13H,2-6H2,1H3,(H,14,17)(H,15,16). The monoisotopic (exact) mass is 255 g/mol. The minimum Gasteiger partial charge on any atom is -0.355 e. The first-order valence-electron chi connectivity index (χ1n) is 5.16. The van der Waals surface area contributed by atoms with E-state index in [-0.39, 0.29) is 12.5 Å².